The van der Waals surface area contributed by atoms with E-state index in [1.165, 1.54) is 5.69 Å². The van der Waals surface area contributed by atoms with Crippen LogP contribution >= 0.6 is 0 Å². The third kappa shape index (κ3) is 1.78. The summed E-state index contributed by atoms with van der Waals surface area (Å²) in [5, 5.41) is 4.46. The Hall–Kier alpha value is -2.16. The fourth-order valence-electron chi connectivity index (χ4n) is 2.45. The zero-order valence-corrected chi connectivity index (χ0v) is 10.0. The van der Waals surface area contributed by atoms with Gasteiger partial charge >= 0.3 is 0 Å². The summed E-state index contributed by atoms with van der Waals surface area (Å²) in [4.78, 5) is 10.7. The summed E-state index contributed by atoms with van der Waals surface area (Å²) < 4.78 is 1.98. The van der Waals surface area contributed by atoms with Crippen LogP contribution in [0.1, 0.15) is 24.1 Å². The standard InChI is InChI=1S/C15H14N2O/c18-10-9-12-5-4-8-15-14(12)11-16-17(15)13-6-2-1-3-7-13/h1-3,5-7,10-11H,4,8-9H2. The molecule has 1 aliphatic rings. The molecular formula is C15H14N2O. The van der Waals surface area contributed by atoms with Crippen LogP contribution in [-0.2, 0) is 11.2 Å². The van der Waals surface area contributed by atoms with Crippen LogP contribution in [0.2, 0.25) is 0 Å². The molecule has 1 aromatic heterocycles. The molecule has 0 saturated carbocycles. The molecule has 3 rings (SSSR count). The van der Waals surface area contributed by atoms with Gasteiger partial charge in [0, 0.05) is 12.0 Å². The van der Waals surface area contributed by atoms with Crippen molar-refractivity contribution in [2.24, 2.45) is 0 Å². The van der Waals surface area contributed by atoms with Crippen molar-refractivity contribution in [1.29, 1.82) is 0 Å². The molecule has 3 heteroatoms. The van der Waals surface area contributed by atoms with E-state index in [1.807, 2.05) is 41.2 Å². The third-order valence-corrected chi connectivity index (χ3v) is 3.29. The van der Waals surface area contributed by atoms with Crippen LogP contribution in [0.3, 0.4) is 0 Å². The normalized spacial score (nSPS) is 13.9. The zero-order valence-electron chi connectivity index (χ0n) is 10.0. The van der Waals surface area contributed by atoms with Gasteiger partial charge in [0.15, 0.2) is 0 Å². The largest absolute Gasteiger partial charge is 0.303 e. The summed E-state index contributed by atoms with van der Waals surface area (Å²) in [6, 6.07) is 10.1. The van der Waals surface area contributed by atoms with Gasteiger partial charge in [-0.05, 0) is 30.5 Å². The topological polar surface area (TPSA) is 34.9 Å². The van der Waals surface area contributed by atoms with E-state index in [2.05, 4.69) is 11.2 Å². The van der Waals surface area contributed by atoms with E-state index in [9.17, 15) is 4.79 Å². The van der Waals surface area contributed by atoms with Gasteiger partial charge in [-0.15, -0.1) is 0 Å². The van der Waals surface area contributed by atoms with E-state index in [-0.39, 0.29) is 0 Å². The van der Waals surface area contributed by atoms with Gasteiger partial charge in [-0.25, -0.2) is 4.68 Å². The van der Waals surface area contributed by atoms with Crippen LogP contribution in [0.4, 0.5) is 0 Å². The summed E-state index contributed by atoms with van der Waals surface area (Å²) in [6.07, 6.45) is 7.42. The number of hydrogen-bond acceptors (Lipinski definition) is 2. The number of aldehydes is 1. The van der Waals surface area contributed by atoms with Gasteiger partial charge in [0.25, 0.3) is 0 Å². The number of para-hydroxylation sites is 1. The number of nitrogens with zero attached hydrogens (tertiary/aromatic N) is 2. The highest BCUT2D eigenvalue weighted by Gasteiger charge is 2.18. The van der Waals surface area contributed by atoms with Crippen molar-refractivity contribution in [3.05, 3.63) is 53.9 Å². The van der Waals surface area contributed by atoms with Gasteiger partial charge in [0.1, 0.15) is 6.29 Å². The van der Waals surface area contributed by atoms with Crippen LogP contribution in [0.15, 0.2) is 42.6 Å². The zero-order chi connectivity index (χ0) is 12.4. The molecule has 3 nitrogen and oxygen atoms in total. The maximum atomic E-state index is 10.7. The Morgan fingerprint density at radius 1 is 1.28 bits per heavy atom. The Morgan fingerprint density at radius 2 is 2.11 bits per heavy atom. The van der Waals surface area contributed by atoms with E-state index in [0.717, 1.165) is 36.0 Å². The fourth-order valence-corrected chi connectivity index (χ4v) is 2.45. The number of rotatable bonds is 3. The van der Waals surface area contributed by atoms with Crippen molar-refractivity contribution in [2.45, 2.75) is 19.3 Å². The number of carbonyl (C=O) groups is 1. The van der Waals surface area contributed by atoms with Crippen LogP contribution in [-0.4, -0.2) is 16.1 Å². The summed E-state index contributed by atoms with van der Waals surface area (Å²) >= 11 is 0. The van der Waals surface area contributed by atoms with Gasteiger partial charge in [-0.2, -0.15) is 5.10 Å². The van der Waals surface area contributed by atoms with Crippen molar-refractivity contribution in [3.63, 3.8) is 0 Å². The maximum absolute atomic E-state index is 10.7. The number of aromatic nitrogens is 2. The van der Waals surface area contributed by atoms with Gasteiger partial charge in [-0.3, -0.25) is 0 Å². The monoisotopic (exact) mass is 238 g/mol. The predicted octanol–water partition coefficient (Wildman–Crippen LogP) is 2.79. The first-order valence-electron chi connectivity index (χ1n) is 6.15. The molecule has 0 unspecified atom stereocenters. The Kier molecular flexibility index (Phi) is 2.81. The third-order valence-electron chi connectivity index (χ3n) is 3.29. The number of carbonyl (C=O) groups excluding carboxylic acids is 1. The molecule has 0 bridgehead atoms. The molecule has 18 heavy (non-hydrogen) atoms. The minimum absolute atomic E-state index is 0.480. The van der Waals surface area contributed by atoms with Crippen LogP contribution in [0, 0.1) is 0 Å². The Morgan fingerprint density at radius 3 is 2.89 bits per heavy atom. The number of fused-ring (bicyclic) bond motifs is 1. The quantitative estimate of drug-likeness (QED) is 0.771. The lowest BCUT2D eigenvalue weighted by molar-refractivity contribution is -0.107. The first-order valence-corrected chi connectivity index (χ1v) is 6.15. The highest BCUT2D eigenvalue weighted by molar-refractivity contribution is 5.79. The molecule has 90 valence electrons. The minimum Gasteiger partial charge on any atom is -0.303 e. The van der Waals surface area contributed by atoms with E-state index in [1.54, 1.807) is 0 Å². The van der Waals surface area contributed by atoms with E-state index in [0.29, 0.717) is 6.42 Å². The predicted molar refractivity (Wildman–Crippen MR) is 70.5 cm³/mol. The average molecular weight is 238 g/mol. The van der Waals surface area contributed by atoms with E-state index < -0.39 is 0 Å². The van der Waals surface area contributed by atoms with Crippen LogP contribution in [0.25, 0.3) is 11.3 Å². The second-order valence-electron chi connectivity index (χ2n) is 4.39. The highest BCUT2D eigenvalue weighted by Crippen LogP contribution is 2.29. The maximum Gasteiger partial charge on any atom is 0.124 e. The first kappa shape index (κ1) is 11.0. The molecule has 1 aliphatic carbocycles. The lowest BCUT2D eigenvalue weighted by Gasteiger charge is -2.14. The summed E-state index contributed by atoms with van der Waals surface area (Å²) in [7, 11) is 0. The number of benzene rings is 1. The molecule has 1 heterocycles. The van der Waals surface area contributed by atoms with Gasteiger partial charge in [0.2, 0.25) is 0 Å². The number of hydrogen-bond donors (Lipinski definition) is 0. The molecule has 0 fully saturated rings. The molecule has 0 radical (unpaired) electrons. The van der Waals surface area contributed by atoms with Crippen molar-refractivity contribution in [2.75, 3.05) is 0 Å². The van der Waals surface area contributed by atoms with Crippen molar-refractivity contribution in [3.8, 4) is 5.69 Å². The molecule has 0 amide bonds. The lowest BCUT2D eigenvalue weighted by atomic mass is 9.95. The Labute approximate surface area is 106 Å². The lowest BCUT2D eigenvalue weighted by Crippen LogP contribution is -2.06. The molecule has 0 aliphatic heterocycles. The van der Waals surface area contributed by atoms with Crippen molar-refractivity contribution >= 4 is 11.9 Å². The molecule has 0 N–H and O–H groups in total. The number of allylic oxidation sites excluding steroid dienone is 2. The van der Waals surface area contributed by atoms with E-state index in [4.69, 9.17) is 0 Å². The highest BCUT2D eigenvalue weighted by atomic mass is 16.1. The summed E-state index contributed by atoms with van der Waals surface area (Å²) in [5.41, 5.74) is 4.51. The average Bonchev–Trinajstić information content (AvgIpc) is 2.85. The molecule has 2 aromatic rings. The smallest absolute Gasteiger partial charge is 0.124 e. The van der Waals surface area contributed by atoms with E-state index >= 15 is 0 Å². The molecule has 1 aromatic carbocycles. The summed E-state index contributed by atoms with van der Waals surface area (Å²) in [6.45, 7) is 0. The van der Waals surface area contributed by atoms with Crippen molar-refractivity contribution in [1.82, 2.24) is 9.78 Å². The Bertz CT molecular complexity index is 596. The minimum atomic E-state index is 0.480. The first-order chi connectivity index (χ1) is 8.90. The van der Waals surface area contributed by atoms with Crippen LogP contribution < -0.4 is 0 Å². The van der Waals surface area contributed by atoms with Gasteiger partial charge in [0.05, 0.1) is 17.6 Å². The molecule has 0 atom stereocenters. The fraction of sp³-hybridized carbons (Fsp3) is 0.200. The second-order valence-corrected chi connectivity index (χ2v) is 4.39. The Balaban J connectivity index is 2.06. The van der Waals surface area contributed by atoms with Crippen LogP contribution in [0.5, 0.6) is 0 Å². The van der Waals surface area contributed by atoms with Crippen molar-refractivity contribution < 1.29 is 4.79 Å². The summed E-state index contributed by atoms with van der Waals surface area (Å²) in [5.74, 6) is 0. The molecule has 0 saturated heterocycles. The SMILES string of the molecule is O=CCC1=CCCc2c1cnn2-c1ccccc1. The molecule has 0 spiro atoms. The van der Waals surface area contributed by atoms with Gasteiger partial charge in [-0.1, -0.05) is 24.3 Å². The molecular weight excluding hydrogens is 224 g/mol. The second kappa shape index (κ2) is 4.61. The van der Waals surface area contributed by atoms with Gasteiger partial charge < -0.3 is 4.79 Å².